The summed E-state index contributed by atoms with van der Waals surface area (Å²) >= 11 is 0. The third-order valence-corrected chi connectivity index (χ3v) is 6.45. The Hall–Kier alpha value is -3.74. The predicted octanol–water partition coefficient (Wildman–Crippen LogP) is 6.21. The summed E-state index contributed by atoms with van der Waals surface area (Å²) in [5.41, 5.74) is 3.05. The van der Waals surface area contributed by atoms with Gasteiger partial charge in [0.2, 0.25) is 0 Å². The average Bonchev–Trinajstić information content (AvgIpc) is 3.23. The second-order valence-electron chi connectivity index (χ2n) is 8.40. The minimum Gasteiger partial charge on any atom is -0.368 e. The molecule has 0 radical (unpaired) electrons. The van der Waals surface area contributed by atoms with Gasteiger partial charge in [-0.3, -0.25) is 0 Å². The molecule has 1 aliphatic heterocycles. The minimum absolute atomic E-state index is 0.605. The number of nitrogens with zero attached hydrogens (tertiary/aromatic N) is 3. The summed E-state index contributed by atoms with van der Waals surface area (Å²) in [6.07, 6.45) is -4.34. The Morgan fingerprint density at radius 1 is 0.758 bits per heavy atom. The first-order valence-corrected chi connectivity index (χ1v) is 11.0. The third-order valence-electron chi connectivity index (χ3n) is 6.45. The van der Waals surface area contributed by atoms with Gasteiger partial charge < -0.3 is 14.8 Å². The summed E-state index contributed by atoms with van der Waals surface area (Å²) in [7, 11) is 0. The van der Waals surface area contributed by atoms with Gasteiger partial charge >= 0.3 is 6.18 Å². The Morgan fingerprint density at radius 3 is 2.24 bits per heavy atom. The standard InChI is InChI=1S/C26H21F3N4/c27-26(28,29)17-6-5-7-18(16-17)32-12-14-33(15-13-32)25-23-19-8-1-3-10-21(19)30-24(23)20-9-2-4-11-22(20)31-25/h1-11,16,30H,12-15H2. The molecule has 1 fully saturated rings. The summed E-state index contributed by atoms with van der Waals surface area (Å²) in [5, 5.41) is 3.30. The number of aromatic nitrogens is 2. The van der Waals surface area contributed by atoms with Crippen LogP contribution in [0.3, 0.4) is 0 Å². The first-order chi connectivity index (χ1) is 16.0. The van der Waals surface area contributed by atoms with E-state index in [-0.39, 0.29) is 0 Å². The van der Waals surface area contributed by atoms with Crippen LogP contribution in [0, 0.1) is 0 Å². The molecule has 5 aromatic rings. The molecule has 33 heavy (non-hydrogen) atoms. The molecule has 3 aromatic carbocycles. The largest absolute Gasteiger partial charge is 0.416 e. The number of halogens is 3. The number of anilines is 2. The van der Waals surface area contributed by atoms with Crippen molar-refractivity contribution in [3.8, 4) is 0 Å². The van der Waals surface area contributed by atoms with Gasteiger partial charge in [0, 0.05) is 48.2 Å². The van der Waals surface area contributed by atoms with Gasteiger partial charge in [0.1, 0.15) is 5.82 Å². The van der Waals surface area contributed by atoms with E-state index in [9.17, 15) is 13.2 Å². The van der Waals surface area contributed by atoms with Crippen molar-refractivity contribution >= 4 is 44.2 Å². The second kappa shape index (κ2) is 7.40. The first kappa shape index (κ1) is 19.9. The summed E-state index contributed by atoms with van der Waals surface area (Å²) < 4.78 is 39.5. The van der Waals surface area contributed by atoms with Crippen LogP contribution < -0.4 is 9.80 Å². The molecule has 4 nitrogen and oxygen atoms in total. The normalized spacial score (nSPS) is 15.1. The van der Waals surface area contributed by atoms with Gasteiger partial charge in [0.15, 0.2) is 0 Å². The third kappa shape index (κ3) is 3.35. The van der Waals surface area contributed by atoms with Crippen LogP contribution in [0.2, 0.25) is 0 Å². The molecule has 2 aromatic heterocycles. The molecule has 0 saturated carbocycles. The van der Waals surface area contributed by atoms with E-state index < -0.39 is 11.7 Å². The molecule has 0 unspecified atom stereocenters. The number of nitrogens with one attached hydrogen (secondary N) is 1. The maximum Gasteiger partial charge on any atom is 0.416 e. The van der Waals surface area contributed by atoms with Crippen LogP contribution in [-0.2, 0) is 6.18 Å². The highest BCUT2D eigenvalue weighted by atomic mass is 19.4. The lowest BCUT2D eigenvalue weighted by molar-refractivity contribution is -0.137. The van der Waals surface area contributed by atoms with Gasteiger partial charge in [-0.2, -0.15) is 13.2 Å². The summed E-state index contributed by atoms with van der Waals surface area (Å²) in [6, 6.07) is 21.9. The Morgan fingerprint density at radius 2 is 1.45 bits per heavy atom. The fourth-order valence-corrected chi connectivity index (χ4v) is 4.81. The number of fused-ring (bicyclic) bond motifs is 5. The number of para-hydroxylation sites is 2. The Labute approximate surface area is 188 Å². The number of rotatable bonds is 2. The minimum atomic E-state index is -4.34. The van der Waals surface area contributed by atoms with Crippen LogP contribution in [0.5, 0.6) is 0 Å². The van der Waals surface area contributed by atoms with E-state index in [0.717, 1.165) is 44.6 Å². The van der Waals surface area contributed by atoms with Crippen molar-refractivity contribution in [2.24, 2.45) is 0 Å². The van der Waals surface area contributed by atoms with Gasteiger partial charge in [-0.1, -0.05) is 42.5 Å². The van der Waals surface area contributed by atoms with E-state index in [2.05, 4.69) is 28.1 Å². The van der Waals surface area contributed by atoms with E-state index in [1.54, 1.807) is 6.07 Å². The summed E-state index contributed by atoms with van der Waals surface area (Å²) in [4.78, 5) is 12.9. The Balaban J connectivity index is 1.38. The molecule has 1 aliphatic rings. The number of benzene rings is 3. The average molecular weight is 446 g/mol. The number of hydrogen-bond donors (Lipinski definition) is 1. The zero-order valence-corrected chi connectivity index (χ0v) is 17.7. The van der Waals surface area contributed by atoms with Crippen molar-refractivity contribution in [1.82, 2.24) is 9.97 Å². The molecule has 6 rings (SSSR count). The lowest BCUT2D eigenvalue weighted by Gasteiger charge is -2.37. The van der Waals surface area contributed by atoms with Gasteiger partial charge in [-0.05, 0) is 30.3 Å². The Bertz CT molecular complexity index is 1480. The summed E-state index contributed by atoms with van der Waals surface area (Å²) in [6.45, 7) is 2.60. The number of aromatic amines is 1. The van der Waals surface area contributed by atoms with E-state index >= 15 is 0 Å². The smallest absolute Gasteiger partial charge is 0.368 e. The van der Waals surface area contributed by atoms with Crippen molar-refractivity contribution in [3.63, 3.8) is 0 Å². The van der Waals surface area contributed by atoms with E-state index in [1.807, 2.05) is 35.2 Å². The highest BCUT2D eigenvalue weighted by Crippen LogP contribution is 2.37. The van der Waals surface area contributed by atoms with E-state index in [0.29, 0.717) is 31.9 Å². The summed E-state index contributed by atoms with van der Waals surface area (Å²) in [5.74, 6) is 0.921. The number of piperazine rings is 1. The zero-order valence-electron chi connectivity index (χ0n) is 17.7. The fraction of sp³-hybridized carbons (Fsp3) is 0.192. The van der Waals surface area contributed by atoms with Crippen molar-refractivity contribution in [1.29, 1.82) is 0 Å². The molecule has 7 heteroatoms. The maximum absolute atomic E-state index is 13.2. The van der Waals surface area contributed by atoms with Crippen LogP contribution in [0.25, 0.3) is 32.7 Å². The topological polar surface area (TPSA) is 35.2 Å². The Kier molecular flexibility index (Phi) is 4.47. The zero-order chi connectivity index (χ0) is 22.6. The number of hydrogen-bond acceptors (Lipinski definition) is 3. The molecule has 1 saturated heterocycles. The molecule has 1 N–H and O–H groups in total. The van der Waals surface area contributed by atoms with Crippen molar-refractivity contribution in [2.45, 2.75) is 6.18 Å². The van der Waals surface area contributed by atoms with Crippen LogP contribution in [0.15, 0.2) is 72.8 Å². The number of H-pyrrole nitrogens is 1. The first-order valence-electron chi connectivity index (χ1n) is 11.0. The van der Waals surface area contributed by atoms with Gasteiger partial charge in [0.05, 0.1) is 22.0 Å². The van der Waals surface area contributed by atoms with Gasteiger partial charge in [-0.15, -0.1) is 0 Å². The maximum atomic E-state index is 13.2. The lowest BCUT2D eigenvalue weighted by Crippen LogP contribution is -2.47. The SMILES string of the molecule is FC(F)(F)c1cccc(N2CCN(c3nc4ccccc4c4[nH]c5ccccc5c34)CC2)c1. The number of alkyl halides is 3. The van der Waals surface area contributed by atoms with Crippen LogP contribution in [0.1, 0.15) is 5.56 Å². The van der Waals surface area contributed by atoms with Gasteiger partial charge in [0.25, 0.3) is 0 Å². The molecule has 0 amide bonds. The fourth-order valence-electron chi connectivity index (χ4n) is 4.81. The molecule has 0 bridgehead atoms. The molecule has 0 aliphatic carbocycles. The molecule has 0 spiro atoms. The van der Waals surface area contributed by atoms with Crippen LogP contribution >= 0.6 is 0 Å². The van der Waals surface area contributed by atoms with Crippen LogP contribution in [0.4, 0.5) is 24.7 Å². The van der Waals surface area contributed by atoms with E-state index in [1.165, 1.54) is 12.1 Å². The quantitative estimate of drug-likeness (QED) is 0.350. The highest BCUT2D eigenvalue weighted by Gasteiger charge is 2.31. The van der Waals surface area contributed by atoms with Crippen LogP contribution in [-0.4, -0.2) is 36.1 Å². The molecule has 166 valence electrons. The monoisotopic (exact) mass is 446 g/mol. The van der Waals surface area contributed by atoms with Gasteiger partial charge in [-0.25, -0.2) is 4.98 Å². The van der Waals surface area contributed by atoms with Crippen molar-refractivity contribution in [2.75, 3.05) is 36.0 Å². The molecular weight excluding hydrogens is 425 g/mol. The lowest BCUT2D eigenvalue weighted by atomic mass is 10.1. The molecule has 3 heterocycles. The van der Waals surface area contributed by atoms with Crippen molar-refractivity contribution in [3.05, 3.63) is 78.4 Å². The predicted molar refractivity (Wildman–Crippen MR) is 127 cm³/mol. The molecular formula is C26H21F3N4. The van der Waals surface area contributed by atoms with Crippen molar-refractivity contribution < 1.29 is 13.2 Å². The second-order valence-corrected chi connectivity index (χ2v) is 8.40. The number of pyridine rings is 1. The van der Waals surface area contributed by atoms with E-state index in [4.69, 9.17) is 4.98 Å². The molecule has 0 atom stereocenters. The highest BCUT2D eigenvalue weighted by molar-refractivity contribution is 6.20.